The number of rotatable bonds is 4. The molecule has 3 heteroatoms. The largest absolute Gasteiger partial charge is 0.352 e. The third-order valence-corrected chi connectivity index (χ3v) is 7.40. The van der Waals surface area contributed by atoms with Crippen molar-refractivity contribution in [2.45, 2.75) is 70.5 Å². The summed E-state index contributed by atoms with van der Waals surface area (Å²) in [5, 5.41) is 0. The highest BCUT2D eigenvalue weighted by atomic mass is 19.1. The Hall–Kier alpha value is -1.19. The van der Waals surface area contributed by atoms with Crippen LogP contribution in [0.4, 0.5) is 4.39 Å². The fourth-order valence-corrected chi connectivity index (χ4v) is 5.74. The summed E-state index contributed by atoms with van der Waals surface area (Å²) < 4.78 is 25.2. The van der Waals surface area contributed by atoms with Gasteiger partial charge in [0.2, 0.25) is 0 Å². The zero-order valence-electron chi connectivity index (χ0n) is 17.2. The van der Waals surface area contributed by atoms with Gasteiger partial charge in [-0.05, 0) is 93.7 Å². The lowest BCUT2D eigenvalue weighted by atomic mass is 9.68. The Kier molecular flexibility index (Phi) is 6.85. The number of ether oxygens (including phenoxy) is 2. The molecule has 1 aliphatic heterocycles. The van der Waals surface area contributed by atoms with Crippen LogP contribution in [0.1, 0.15) is 69.8 Å². The maximum absolute atomic E-state index is 13.2. The van der Waals surface area contributed by atoms with Crippen LogP contribution in [0.5, 0.6) is 0 Å². The van der Waals surface area contributed by atoms with Crippen LogP contribution in [0.15, 0.2) is 36.4 Å². The molecule has 0 atom stereocenters. The van der Waals surface area contributed by atoms with Crippen molar-refractivity contribution in [3.63, 3.8) is 0 Å². The van der Waals surface area contributed by atoms with Gasteiger partial charge in [0.05, 0.1) is 13.2 Å². The van der Waals surface area contributed by atoms with Crippen LogP contribution in [0, 0.1) is 29.5 Å². The molecule has 0 unspecified atom stereocenters. The lowest BCUT2D eigenvalue weighted by Crippen LogP contribution is -2.38. The molecular formula is C25H35FO2. The molecule has 2 aliphatic carbocycles. The van der Waals surface area contributed by atoms with Crippen LogP contribution in [0.2, 0.25) is 0 Å². The van der Waals surface area contributed by atoms with E-state index >= 15 is 0 Å². The minimum Gasteiger partial charge on any atom is -0.352 e. The van der Waals surface area contributed by atoms with E-state index < -0.39 is 0 Å². The summed E-state index contributed by atoms with van der Waals surface area (Å²) in [6.45, 7) is 3.67. The van der Waals surface area contributed by atoms with Crippen molar-refractivity contribution in [2.75, 3.05) is 13.2 Å². The molecule has 0 spiro atoms. The van der Waals surface area contributed by atoms with Gasteiger partial charge in [-0.2, -0.15) is 0 Å². The number of allylic oxidation sites excluding steroid dienone is 1. The van der Waals surface area contributed by atoms with Crippen molar-refractivity contribution in [2.24, 2.45) is 23.7 Å². The third-order valence-electron chi connectivity index (χ3n) is 7.40. The zero-order valence-corrected chi connectivity index (χ0v) is 17.2. The van der Waals surface area contributed by atoms with E-state index in [9.17, 15) is 4.39 Å². The van der Waals surface area contributed by atoms with E-state index in [2.05, 4.69) is 19.1 Å². The summed E-state index contributed by atoms with van der Waals surface area (Å²) in [5.74, 6) is 3.27. The van der Waals surface area contributed by atoms with Gasteiger partial charge in [-0.15, -0.1) is 0 Å². The van der Waals surface area contributed by atoms with Gasteiger partial charge >= 0.3 is 0 Å². The van der Waals surface area contributed by atoms with E-state index in [1.165, 1.54) is 56.9 Å². The lowest BCUT2D eigenvalue weighted by molar-refractivity contribution is -0.223. The molecule has 0 bridgehead atoms. The molecule has 1 aromatic carbocycles. The Balaban J connectivity index is 1.20. The molecule has 28 heavy (non-hydrogen) atoms. The molecular weight excluding hydrogens is 351 g/mol. The molecule has 1 heterocycles. The molecule has 154 valence electrons. The van der Waals surface area contributed by atoms with Gasteiger partial charge in [0.1, 0.15) is 5.82 Å². The normalized spacial score (nSPS) is 37.2. The number of hydrogen-bond donors (Lipinski definition) is 0. The monoisotopic (exact) mass is 386 g/mol. The van der Waals surface area contributed by atoms with Gasteiger partial charge < -0.3 is 9.47 Å². The van der Waals surface area contributed by atoms with Crippen molar-refractivity contribution >= 4 is 0 Å². The molecule has 0 aromatic heterocycles. The van der Waals surface area contributed by atoms with Crippen molar-refractivity contribution in [3.05, 3.63) is 47.8 Å². The summed E-state index contributed by atoms with van der Waals surface area (Å²) in [6.07, 6.45) is 14.7. The third kappa shape index (κ3) is 4.86. The first-order chi connectivity index (χ1) is 13.7. The van der Waals surface area contributed by atoms with Crippen LogP contribution >= 0.6 is 0 Å². The Morgan fingerprint density at radius 2 is 1.32 bits per heavy atom. The fraction of sp³-hybridized carbons (Fsp3) is 0.680. The van der Waals surface area contributed by atoms with Crippen molar-refractivity contribution < 1.29 is 13.9 Å². The average molecular weight is 387 g/mol. The fourth-order valence-electron chi connectivity index (χ4n) is 5.74. The predicted molar refractivity (Wildman–Crippen MR) is 111 cm³/mol. The van der Waals surface area contributed by atoms with E-state index in [1.54, 1.807) is 12.1 Å². The van der Waals surface area contributed by atoms with Crippen molar-refractivity contribution in [3.8, 4) is 0 Å². The molecule has 1 aromatic rings. The van der Waals surface area contributed by atoms with Gasteiger partial charge in [0.25, 0.3) is 0 Å². The van der Waals surface area contributed by atoms with Crippen LogP contribution in [-0.4, -0.2) is 19.5 Å². The molecule has 3 fully saturated rings. The maximum Gasteiger partial charge on any atom is 0.160 e. The standard InChI is InChI=1S/C25H35FO2/c1-2-3-18-16-27-25(28-17-18)23-10-8-21(9-11-23)19-4-6-20(7-5-19)22-12-14-24(26)15-13-22/h2-3,12-15,18-21,23,25H,4-11,16-17H2,1H3/b3-2+/t18-,19-,20-,21-,23-,25-. The van der Waals surface area contributed by atoms with Crippen molar-refractivity contribution in [1.82, 2.24) is 0 Å². The maximum atomic E-state index is 13.2. The van der Waals surface area contributed by atoms with Gasteiger partial charge in [0.15, 0.2) is 6.29 Å². The summed E-state index contributed by atoms with van der Waals surface area (Å²) in [4.78, 5) is 0. The predicted octanol–water partition coefficient (Wildman–Crippen LogP) is 6.47. The summed E-state index contributed by atoms with van der Waals surface area (Å²) >= 11 is 0. The molecule has 0 N–H and O–H groups in total. The summed E-state index contributed by atoms with van der Waals surface area (Å²) in [6, 6.07) is 7.19. The number of benzene rings is 1. The second-order valence-corrected chi connectivity index (χ2v) is 9.16. The summed E-state index contributed by atoms with van der Waals surface area (Å²) in [5.41, 5.74) is 1.33. The minimum atomic E-state index is -0.127. The van der Waals surface area contributed by atoms with Crippen LogP contribution < -0.4 is 0 Å². The Bertz CT molecular complexity index is 616. The average Bonchev–Trinajstić information content (AvgIpc) is 2.75. The highest BCUT2D eigenvalue weighted by Gasteiger charge is 2.35. The minimum absolute atomic E-state index is 0.0247. The molecule has 1 saturated heterocycles. The Labute approximate surface area is 169 Å². The highest BCUT2D eigenvalue weighted by Crippen LogP contribution is 2.44. The van der Waals surface area contributed by atoms with Gasteiger partial charge in [-0.3, -0.25) is 0 Å². The van der Waals surface area contributed by atoms with Gasteiger partial charge in [0, 0.05) is 11.8 Å². The molecule has 0 amide bonds. The smallest absolute Gasteiger partial charge is 0.160 e. The van der Waals surface area contributed by atoms with E-state index in [-0.39, 0.29) is 12.1 Å². The molecule has 4 rings (SSSR count). The second-order valence-electron chi connectivity index (χ2n) is 9.16. The second kappa shape index (κ2) is 9.54. The molecule has 0 radical (unpaired) electrons. The topological polar surface area (TPSA) is 18.5 Å². The highest BCUT2D eigenvalue weighted by molar-refractivity contribution is 5.21. The van der Waals surface area contributed by atoms with E-state index in [0.29, 0.717) is 17.8 Å². The number of halogens is 1. The first-order valence-corrected chi connectivity index (χ1v) is 11.3. The molecule has 3 aliphatic rings. The molecule has 2 nitrogen and oxygen atoms in total. The van der Waals surface area contributed by atoms with Crippen LogP contribution in [-0.2, 0) is 9.47 Å². The van der Waals surface area contributed by atoms with Crippen molar-refractivity contribution in [1.29, 1.82) is 0 Å². The quantitative estimate of drug-likeness (QED) is 0.552. The first-order valence-electron chi connectivity index (χ1n) is 11.3. The molecule has 2 saturated carbocycles. The van der Waals surface area contributed by atoms with Gasteiger partial charge in [-0.1, -0.05) is 24.3 Å². The zero-order chi connectivity index (χ0) is 19.3. The lowest BCUT2D eigenvalue weighted by Gasteiger charge is -2.41. The van der Waals surface area contributed by atoms with E-state index in [1.807, 2.05) is 12.1 Å². The first kappa shape index (κ1) is 20.1. The Morgan fingerprint density at radius 1 is 0.786 bits per heavy atom. The number of hydrogen-bond acceptors (Lipinski definition) is 2. The van der Waals surface area contributed by atoms with E-state index in [0.717, 1.165) is 25.0 Å². The SMILES string of the molecule is C/C=C/[C@H]1CO[C@H]([C@H]2CC[C@H]([C@H]3CC[C@H](c4ccc(F)cc4)CC3)CC2)OC1. The van der Waals surface area contributed by atoms with E-state index in [4.69, 9.17) is 9.47 Å². The van der Waals surface area contributed by atoms with Crippen LogP contribution in [0.25, 0.3) is 0 Å². The van der Waals surface area contributed by atoms with Gasteiger partial charge in [-0.25, -0.2) is 4.39 Å². The summed E-state index contributed by atoms with van der Waals surface area (Å²) in [7, 11) is 0. The Morgan fingerprint density at radius 3 is 1.89 bits per heavy atom. The van der Waals surface area contributed by atoms with Crippen LogP contribution in [0.3, 0.4) is 0 Å².